The third-order valence-corrected chi connectivity index (χ3v) is 4.63. The number of nitrogen functional groups attached to an aromatic ring is 1. The summed E-state index contributed by atoms with van der Waals surface area (Å²) in [6, 6.07) is 7.85. The Morgan fingerprint density at radius 3 is 2.48 bits per heavy atom. The van der Waals surface area contributed by atoms with E-state index in [-0.39, 0.29) is 5.41 Å². The SMILES string of the molecule is Cc1c(N)nc(C(C)(C)C)nc1SCc1ccccc1Cl. The molecule has 0 saturated carbocycles. The van der Waals surface area contributed by atoms with Crippen molar-refractivity contribution in [1.82, 2.24) is 9.97 Å². The average molecular weight is 322 g/mol. The summed E-state index contributed by atoms with van der Waals surface area (Å²) in [6.07, 6.45) is 0. The fourth-order valence-electron chi connectivity index (χ4n) is 1.75. The molecule has 0 radical (unpaired) electrons. The lowest BCUT2D eigenvalue weighted by molar-refractivity contribution is 0.538. The zero-order valence-corrected chi connectivity index (χ0v) is 14.3. The Morgan fingerprint density at radius 1 is 1.19 bits per heavy atom. The highest BCUT2D eigenvalue weighted by atomic mass is 35.5. The Labute approximate surface area is 135 Å². The van der Waals surface area contributed by atoms with Crippen molar-refractivity contribution in [3.05, 3.63) is 46.2 Å². The molecule has 1 aromatic carbocycles. The van der Waals surface area contributed by atoms with E-state index in [1.807, 2.05) is 31.2 Å². The molecule has 0 aliphatic rings. The number of nitrogens with two attached hydrogens (primary N) is 1. The van der Waals surface area contributed by atoms with Gasteiger partial charge in [0.1, 0.15) is 16.7 Å². The van der Waals surface area contributed by atoms with Crippen LogP contribution in [0.3, 0.4) is 0 Å². The highest BCUT2D eigenvalue weighted by molar-refractivity contribution is 7.98. The summed E-state index contributed by atoms with van der Waals surface area (Å²) >= 11 is 7.84. The van der Waals surface area contributed by atoms with Gasteiger partial charge in [-0.05, 0) is 18.6 Å². The van der Waals surface area contributed by atoms with Crippen LogP contribution in [0.4, 0.5) is 5.82 Å². The average Bonchev–Trinajstić information content (AvgIpc) is 2.40. The van der Waals surface area contributed by atoms with Crippen LogP contribution in [0.5, 0.6) is 0 Å². The van der Waals surface area contributed by atoms with Crippen molar-refractivity contribution in [3.8, 4) is 0 Å². The molecule has 0 spiro atoms. The van der Waals surface area contributed by atoms with Gasteiger partial charge in [0.2, 0.25) is 0 Å². The largest absolute Gasteiger partial charge is 0.383 e. The van der Waals surface area contributed by atoms with Crippen LogP contribution in [0.1, 0.15) is 37.7 Å². The number of hydrogen-bond acceptors (Lipinski definition) is 4. The molecule has 0 fully saturated rings. The Morgan fingerprint density at radius 2 is 1.86 bits per heavy atom. The van der Waals surface area contributed by atoms with E-state index in [4.69, 9.17) is 17.3 Å². The molecular weight excluding hydrogens is 302 g/mol. The van der Waals surface area contributed by atoms with Crippen molar-refractivity contribution in [2.75, 3.05) is 5.73 Å². The fourth-order valence-corrected chi connectivity index (χ4v) is 3.05. The minimum Gasteiger partial charge on any atom is -0.383 e. The van der Waals surface area contributed by atoms with Gasteiger partial charge in [-0.1, -0.05) is 50.6 Å². The van der Waals surface area contributed by atoms with Gasteiger partial charge >= 0.3 is 0 Å². The smallest absolute Gasteiger partial charge is 0.137 e. The molecule has 0 unspecified atom stereocenters. The van der Waals surface area contributed by atoms with E-state index in [2.05, 4.69) is 30.7 Å². The van der Waals surface area contributed by atoms with E-state index in [0.29, 0.717) is 5.82 Å². The molecule has 0 amide bonds. The number of hydrogen-bond donors (Lipinski definition) is 1. The summed E-state index contributed by atoms with van der Waals surface area (Å²) in [6.45, 7) is 8.20. The second kappa shape index (κ2) is 6.24. The third-order valence-electron chi connectivity index (χ3n) is 3.13. The number of anilines is 1. The maximum Gasteiger partial charge on any atom is 0.137 e. The first-order valence-corrected chi connectivity index (χ1v) is 8.16. The van der Waals surface area contributed by atoms with Crippen molar-refractivity contribution < 1.29 is 0 Å². The van der Waals surface area contributed by atoms with E-state index in [0.717, 1.165) is 32.8 Å². The van der Waals surface area contributed by atoms with Gasteiger partial charge < -0.3 is 5.73 Å². The van der Waals surface area contributed by atoms with Crippen LogP contribution in [-0.4, -0.2) is 9.97 Å². The Balaban J connectivity index is 2.28. The van der Waals surface area contributed by atoms with Gasteiger partial charge in [0, 0.05) is 21.8 Å². The Bertz CT molecular complexity index is 650. The number of nitrogens with zero attached hydrogens (tertiary/aromatic N) is 2. The highest BCUT2D eigenvalue weighted by Gasteiger charge is 2.20. The second-order valence-corrected chi connectivity index (χ2v) is 7.36. The van der Waals surface area contributed by atoms with Crippen LogP contribution in [0.25, 0.3) is 0 Å². The molecule has 0 atom stereocenters. The van der Waals surface area contributed by atoms with Crippen molar-refractivity contribution in [3.63, 3.8) is 0 Å². The van der Waals surface area contributed by atoms with Gasteiger partial charge in [0.25, 0.3) is 0 Å². The quantitative estimate of drug-likeness (QED) is 0.662. The lowest BCUT2D eigenvalue weighted by Crippen LogP contribution is -2.18. The maximum atomic E-state index is 6.19. The normalized spacial score (nSPS) is 11.7. The monoisotopic (exact) mass is 321 g/mol. The van der Waals surface area contributed by atoms with Crippen LogP contribution in [0, 0.1) is 6.92 Å². The molecule has 21 heavy (non-hydrogen) atoms. The van der Waals surface area contributed by atoms with Crippen LogP contribution in [-0.2, 0) is 11.2 Å². The molecule has 0 saturated heterocycles. The van der Waals surface area contributed by atoms with Crippen molar-refractivity contribution >= 4 is 29.2 Å². The van der Waals surface area contributed by atoms with Crippen molar-refractivity contribution in [2.45, 2.75) is 43.9 Å². The van der Waals surface area contributed by atoms with E-state index < -0.39 is 0 Å². The Kier molecular flexibility index (Phi) is 4.79. The minimum atomic E-state index is -0.123. The zero-order valence-electron chi connectivity index (χ0n) is 12.8. The van der Waals surface area contributed by atoms with Gasteiger partial charge in [-0.2, -0.15) is 0 Å². The van der Waals surface area contributed by atoms with Gasteiger partial charge in [0.05, 0.1) is 0 Å². The molecule has 1 aromatic heterocycles. The van der Waals surface area contributed by atoms with Crippen molar-refractivity contribution in [1.29, 1.82) is 0 Å². The van der Waals surface area contributed by atoms with E-state index in [1.165, 1.54) is 0 Å². The molecule has 0 aliphatic carbocycles. The molecule has 2 N–H and O–H groups in total. The molecule has 112 valence electrons. The molecule has 0 bridgehead atoms. The van der Waals surface area contributed by atoms with Crippen LogP contribution in [0.2, 0.25) is 5.02 Å². The number of benzene rings is 1. The fraction of sp³-hybridized carbons (Fsp3) is 0.375. The topological polar surface area (TPSA) is 51.8 Å². The molecule has 3 nitrogen and oxygen atoms in total. The first-order chi connectivity index (χ1) is 9.79. The van der Waals surface area contributed by atoms with E-state index in [9.17, 15) is 0 Å². The van der Waals surface area contributed by atoms with Crippen molar-refractivity contribution in [2.24, 2.45) is 0 Å². The molecule has 5 heteroatoms. The molecule has 2 rings (SSSR count). The first kappa shape index (κ1) is 16.1. The number of aromatic nitrogens is 2. The van der Waals surface area contributed by atoms with Gasteiger partial charge in [0.15, 0.2) is 0 Å². The van der Waals surface area contributed by atoms with Crippen LogP contribution in [0.15, 0.2) is 29.3 Å². The van der Waals surface area contributed by atoms with Crippen LogP contribution >= 0.6 is 23.4 Å². The first-order valence-electron chi connectivity index (χ1n) is 6.80. The second-order valence-electron chi connectivity index (χ2n) is 5.99. The van der Waals surface area contributed by atoms with Crippen LogP contribution < -0.4 is 5.73 Å². The summed E-state index contributed by atoms with van der Waals surface area (Å²) in [5, 5.41) is 1.70. The summed E-state index contributed by atoms with van der Waals surface area (Å²) in [5.74, 6) is 2.09. The molecule has 0 aliphatic heterocycles. The Hall–Kier alpha value is -1.26. The molecule has 1 heterocycles. The summed E-state index contributed by atoms with van der Waals surface area (Å²) in [4.78, 5) is 9.08. The predicted octanol–water partition coefficient (Wildman–Crippen LogP) is 4.61. The molecule has 2 aromatic rings. The van der Waals surface area contributed by atoms with E-state index >= 15 is 0 Å². The van der Waals surface area contributed by atoms with Gasteiger partial charge in [-0.25, -0.2) is 9.97 Å². The van der Waals surface area contributed by atoms with Gasteiger partial charge in [-0.3, -0.25) is 0 Å². The third kappa shape index (κ3) is 3.89. The van der Waals surface area contributed by atoms with E-state index in [1.54, 1.807) is 11.8 Å². The minimum absolute atomic E-state index is 0.123. The lowest BCUT2D eigenvalue weighted by Gasteiger charge is -2.19. The summed E-state index contributed by atoms with van der Waals surface area (Å²) in [5.41, 5.74) is 7.93. The lowest BCUT2D eigenvalue weighted by atomic mass is 9.95. The highest BCUT2D eigenvalue weighted by Crippen LogP contribution is 2.31. The maximum absolute atomic E-state index is 6.19. The number of thioether (sulfide) groups is 1. The summed E-state index contributed by atoms with van der Waals surface area (Å²) < 4.78 is 0. The number of rotatable bonds is 3. The summed E-state index contributed by atoms with van der Waals surface area (Å²) in [7, 11) is 0. The standard InChI is InChI=1S/C16H20ClN3S/c1-10-13(18)19-15(16(2,3)4)20-14(10)21-9-11-7-5-6-8-12(11)17/h5-8H,9H2,1-4H3,(H2,18,19,20). The number of halogens is 1. The zero-order chi connectivity index (χ0) is 15.6. The predicted molar refractivity (Wildman–Crippen MR) is 90.9 cm³/mol. The van der Waals surface area contributed by atoms with Gasteiger partial charge in [-0.15, -0.1) is 11.8 Å². The molecular formula is C16H20ClN3S.